The van der Waals surface area contributed by atoms with E-state index < -0.39 is 0 Å². The topological polar surface area (TPSA) is 38.0 Å². The number of hydrogen-bond acceptors (Lipinski definition) is 2. The number of benzene rings is 2. The van der Waals surface area contributed by atoms with Crippen LogP contribution in [0, 0.1) is 0 Å². The lowest BCUT2D eigenvalue weighted by Gasteiger charge is -2.12. The van der Waals surface area contributed by atoms with Crippen molar-refractivity contribution >= 4 is 28.7 Å². The average Bonchev–Trinajstić information content (AvgIpc) is 2.33. The van der Waals surface area contributed by atoms with Gasteiger partial charge in [-0.15, -0.1) is 0 Å². The van der Waals surface area contributed by atoms with E-state index in [1.54, 1.807) is 6.07 Å². The minimum absolute atomic E-state index is 0.509. The maximum absolute atomic E-state index is 5.92. The van der Waals surface area contributed by atoms with Crippen molar-refractivity contribution in [3.63, 3.8) is 0 Å². The van der Waals surface area contributed by atoms with Gasteiger partial charge in [-0.25, -0.2) is 0 Å². The molecule has 0 saturated heterocycles. The Morgan fingerprint density at radius 3 is 2.56 bits per heavy atom. The summed E-state index contributed by atoms with van der Waals surface area (Å²) in [4.78, 5) is 0. The summed E-state index contributed by atoms with van der Waals surface area (Å²) < 4.78 is 0. The second kappa shape index (κ2) is 5.32. The highest BCUT2D eigenvalue weighted by atomic mass is 35.5. The van der Waals surface area contributed by atoms with Crippen molar-refractivity contribution in [2.24, 2.45) is 0 Å². The standard InChI is InChI=1S/C15H17ClN2/c1-10(2)11-4-3-5-13(8-11)18-15-7-6-12(16)9-14(15)17/h3-10,18H,17H2,1-2H3. The molecule has 0 aromatic heterocycles. The zero-order chi connectivity index (χ0) is 13.1. The highest BCUT2D eigenvalue weighted by molar-refractivity contribution is 6.31. The van der Waals surface area contributed by atoms with Crippen LogP contribution >= 0.6 is 11.6 Å². The molecule has 3 N–H and O–H groups in total. The molecule has 2 nitrogen and oxygen atoms in total. The van der Waals surface area contributed by atoms with Crippen LogP contribution in [0.4, 0.5) is 17.1 Å². The Labute approximate surface area is 113 Å². The fourth-order valence-corrected chi connectivity index (χ4v) is 1.96. The summed E-state index contributed by atoms with van der Waals surface area (Å²) in [6.07, 6.45) is 0. The number of nitrogens with one attached hydrogen (secondary N) is 1. The first-order valence-corrected chi connectivity index (χ1v) is 6.36. The van der Waals surface area contributed by atoms with E-state index in [4.69, 9.17) is 17.3 Å². The second-order valence-electron chi connectivity index (χ2n) is 4.64. The molecule has 0 aliphatic rings. The van der Waals surface area contributed by atoms with Crippen LogP contribution in [0.25, 0.3) is 0 Å². The van der Waals surface area contributed by atoms with Crippen LogP contribution in [-0.2, 0) is 0 Å². The molecule has 2 rings (SSSR count). The number of halogens is 1. The third-order valence-corrected chi connectivity index (χ3v) is 3.08. The van der Waals surface area contributed by atoms with E-state index in [1.165, 1.54) is 5.56 Å². The molecule has 18 heavy (non-hydrogen) atoms. The van der Waals surface area contributed by atoms with Crippen molar-refractivity contribution in [3.8, 4) is 0 Å². The van der Waals surface area contributed by atoms with Crippen LogP contribution in [0.3, 0.4) is 0 Å². The van der Waals surface area contributed by atoms with Crippen LogP contribution in [-0.4, -0.2) is 0 Å². The lowest BCUT2D eigenvalue weighted by molar-refractivity contribution is 0.867. The summed E-state index contributed by atoms with van der Waals surface area (Å²) >= 11 is 5.88. The van der Waals surface area contributed by atoms with Crippen molar-refractivity contribution in [3.05, 3.63) is 53.1 Å². The van der Waals surface area contributed by atoms with E-state index >= 15 is 0 Å². The van der Waals surface area contributed by atoms with Gasteiger partial charge in [-0.3, -0.25) is 0 Å². The summed E-state index contributed by atoms with van der Waals surface area (Å²) in [6, 6.07) is 13.8. The van der Waals surface area contributed by atoms with E-state index in [-0.39, 0.29) is 0 Å². The highest BCUT2D eigenvalue weighted by Gasteiger charge is 2.03. The zero-order valence-corrected chi connectivity index (χ0v) is 11.3. The Balaban J connectivity index is 2.25. The smallest absolute Gasteiger partial charge is 0.0618 e. The molecule has 0 bridgehead atoms. The number of anilines is 3. The molecule has 0 radical (unpaired) electrons. The van der Waals surface area contributed by atoms with Gasteiger partial charge in [0.05, 0.1) is 11.4 Å². The van der Waals surface area contributed by atoms with Gasteiger partial charge in [0.25, 0.3) is 0 Å². The second-order valence-corrected chi connectivity index (χ2v) is 5.07. The molecule has 0 unspecified atom stereocenters. The van der Waals surface area contributed by atoms with Crippen LogP contribution in [0.15, 0.2) is 42.5 Å². The predicted molar refractivity (Wildman–Crippen MR) is 79.7 cm³/mol. The lowest BCUT2D eigenvalue weighted by atomic mass is 10.0. The summed E-state index contributed by atoms with van der Waals surface area (Å²) in [6.45, 7) is 4.35. The first-order chi connectivity index (χ1) is 8.56. The number of hydrogen-bond donors (Lipinski definition) is 2. The number of nitrogens with two attached hydrogens (primary N) is 1. The fourth-order valence-electron chi connectivity index (χ4n) is 1.78. The maximum atomic E-state index is 5.92. The van der Waals surface area contributed by atoms with Crippen molar-refractivity contribution in [2.45, 2.75) is 19.8 Å². The van der Waals surface area contributed by atoms with Crippen LogP contribution in [0.1, 0.15) is 25.3 Å². The molecule has 0 atom stereocenters. The van der Waals surface area contributed by atoms with E-state index in [9.17, 15) is 0 Å². The van der Waals surface area contributed by atoms with Gasteiger partial charge in [-0.05, 0) is 41.8 Å². The van der Waals surface area contributed by atoms with Crippen LogP contribution in [0.5, 0.6) is 0 Å². The normalized spacial score (nSPS) is 10.7. The maximum Gasteiger partial charge on any atom is 0.0618 e. The molecule has 0 heterocycles. The Morgan fingerprint density at radius 2 is 1.89 bits per heavy atom. The third kappa shape index (κ3) is 2.96. The molecule has 0 aliphatic carbocycles. The average molecular weight is 261 g/mol. The molecule has 0 fully saturated rings. The summed E-state index contributed by atoms with van der Waals surface area (Å²) in [7, 11) is 0. The number of nitrogen functional groups attached to an aromatic ring is 1. The zero-order valence-electron chi connectivity index (χ0n) is 10.6. The molecule has 0 saturated carbocycles. The van der Waals surface area contributed by atoms with Crippen molar-refractivity contribution in [1.29, 1.82) is 0 Å². The van der Waals surface area contributed by atoms with Crippen molar-refractivity contribution < 1.29 is 0 Å². The monoisotopic (exact) mass is 260 g/mol. The van der Waals surface area contributed by atoms with E-state index in [0.717, 1.165) is 11.4 Å². The fraction of sp³-hybridized carbons (Fsp3) is 0.200. The van der Waals surface area contributed by atoms with Gasteiger partial charge in [-0.2, -0.15) is 0 Å². The quantitative estimate of drug-likeness (QED) is 0.779. The Kier molecular flexibility index (Phi) is 3.78. The van der Waals surface area contributed by atoms with Crippen molar-refractivity contribution in [2.75, 3.05) is 11.1 Å². The van der Waals surface area contributed by atoms with Gasteiger partial charge in [0.1, 0.15) is 0 Å². The van der Waals surface area contributed by atoms with Gasteiger partial charge in [-0.1, -0.05) is 37.6 Å². The van der Waals surface area contributed by atoms with Crippen LogP contribution in [0.2, 0.25) is 5.02 Å². The highest BCUT2D eigenvalue weighted by Crippen LogP contribution is 2.27. The van der Waals surface area contributed by atoms with E-state index in [2.05, 4.69) is 31.3 Å². The van der Waals surface area contributed by atoms with E-state index in [0.29, 0.717) is 16.6 Å². The van der Waals surface area contributed by atoms with Gasteiger partial charge in [0, 0.05) is 10.7 Å². The Hall–Kier alpha value is -1.67. The lowest BCUT2D eigenvalue weighted by Crippen LogP contribution is -1.97. The molecule has 2 aromatic carbocycles. The predicted octanol–water partition coefficient (Wildman–Crippen LogP) is 4.79. The van der Waals surface area contributed by atoms with Gasteiger partial charge in [0.2, 0.25) is 0 Å². The van der Waals surface area contributed by atoms with Gasteiger partial charge in [0.15, 0.2) is 0 Å². The first-order valence-electron chi connectivity index (χ1n) is 5.98. The molecule has 94 valence electrons. The van der Waals surface area contributed by atoms with Crippen LogP contribution < -0.4 is 11.1 Å². The Bertz CT molecular complexity index is 550. The first kappa shape index (κ1) is 12.8. The molecular weight excluding hydrogens is 244 g/mol. The third-order valence-electron chi connectivity index (χ3n) is 2.85. The minimum Gasteiger partial charge on any atom is -0.397 e. The minimum atomic E-state index is 0.509. The molecule has 2 aromatic rings. The summed E-state index contributed by atoms with van der Waals surface area (Å²) in [5.74, 6) is 0.509. The Morgan fingerprint density at radius 1 is 1.11 bits per heavy atom. The SMILES string of the molecule is CC(C)c1cccc(Nc2ccc(Cl)cc2N)c1. The number of rotatable bonds is 3. The molecule has 3 heteroatoms. The summed E-state index contributed by atoms with van der Waals surface area (Å²) in [5, 5.41) is 3.96. The molecule has 0 amide bonds. The van der Waals surface area contributed by atoms with Gasteiger partial charge >= 0.3 is 0 Å². The molecule has 0 aliphatic heterocycles. The van der Waals surface area contributed by atoms with Crippen molar-refractivity contribution in [1.82, 2.24) is 0 Å². The molecular formula is C15H17ClN2. The largest absolute Gasteiger partial charge is 0.397 e. The van der Waals surface area contributed by atoms with Gasteiger partial charge < -0.3 is 11.1 Å². The van der Waals surface area contributed by atoms with E-state index in [1.807, 2.05) is 24.3 Å². The summed E-state index contributed by atoms with van der Waals surface area (Å²) in [5.41, 5.74) is 9.78. The molecule has 0 spiro atoms.